The minimum Gasteiger partial charge on any atom is -0.481 e. The van der Waals surface area contributed by atoms with E-state index in [2.05, 4.69) is 26.1 Å². The van der Waals surface area contributed by atoms with Crippen molar-refractivity contribution in [2.45, 2.75) is 59.9 Å². The lowest BCUT2D eigenvalue weighted by molar-refractivity contribution is -0.148. The molecule has 1 amide bonds. The zero-order valence-corrected chi connectivity index (χ0v) is 12.7. The minimum absolute atomic E-state index is 0.0820. The maximum atomic E-state index is 11.7. The van der Waals surface area contributed by atoms with Crippen LogP contribution in [0.2, 0.25) is 0 Å². The van der Waals surface area contributed by atoms with E-state index < -0.39 is 11.4 Å². The van der Waals surface area contributed by atoms with Crippen LogP contribution in [-0.2, 0) is 9.59 Å². The Balaban J connectivity index is 4.23. The standard InChI is InChI=1S/C14H28N2O3/c1-6-14(5,12(18)19)9-16-11(17)7-10(15)8-13(2,3)4/h10H,6-9,15H2,1-5H3,(H,16,17)(H,18,19). The molecule has 0 aliphatic rings. The minimum atomic E-state index is -0.913. The molecule has 2 atom stereocenters. The Morgan fingerprint density at radius 3 is 2.16 bits per heavy atom. The van der Waals surface area contributed by atoms with Gasteiger partial charge in [0, 0.05) is 19.0 Å². The monoisotopic (exact) mass is 272 g/mol. The molecule has 19 heavy (non-hydrogen) atoms. The Hall–Kier alpha value is -1.10. The average molecular weight is 272 g/mol. The zero-order chi connectivity index (χ0) is 15.3. The summed E-state index contributed by atoms with van der Waals surface area (Å²) in [5.74, 6) is -1.08. The van der Waals surface area contributed by atoms with Crippen molar-refractivity contribution >= 4 is 11.9 Å². The number of amides is 1. The number of nitrogens with one attached hydrogen (secondary N) is 1. The number of aliphatic carboxylic acids is 1. The number of hydrogen-bond acceptors (Lipinski definition) is 3. The largest absolute Gasteiger partial charge is 0.481 e. The topological polar surface area (TPSA) is 92.4 Å². The van der Waals surface area contributed by atoms with Crippen LogP contribution in [-0.4, -0.2) is 29.6 Å². The third-order valence-corrected chi connectivity index (χ3v) is 3.29. The zero-order valence-electron chi connectivity index (χ0n) is 12.7. The van der Waals surface area contributed by atoms with E-state index >= 15 is 0 Å². The lowest BCUT2D eigenvalue weighted by Gasteiger charge is -2.25. The summed E-state index contributed by atoms with van der Waals surface area (Å²) >= 11 is 0. The van der Waals surface area contributed by atoms with Crippen LogP contribution in [0.1, 0.15) is 53.9 Å². The van der Waals surface area contributed by atoms with Crippen molar-refractivity contribution < 1.29 is 14.7 Å². The first-order valence-corrected chi connectivity index (χ1v) is 6.76. The van der Waals surface area contributed by atoms with E-state index in [9.17, 15) is 9.59 Å². The van der Waals surface area contributed by atoms with Gasteiger partial charge in [-0.15, -0.1) is 0 Å². The first-order chi connectivity index (χ1) is 8.50. The van der Waals surface area contributed by atoms with Crippen LogP contribution in [0, 0.1) is 10.8 Å². The third-order valence-electron chi connectivity index (χ3n) is 3.29. The summed E-state index contributed by atoms with van der Waals surface area (Å²) in [4.78, 5) is 22.8. The van der Waals surface area contributed by atoms with Gasteiger partial charge in [0.1, 0.15) is 0 Å². The fourth-order valence-corrected chi connectivity index (χ4v) is 1.81. The number of carboxylic acids is 1. The van der Waals surface area contributed by atoms with Crippen molar-refractivity contribution in [2.24, 2.45) is 16.6 Å². The Kier molecular flexibility index (Phi) is 6.49. The average Bonchev–Trinajstić information content (AvgIpc) is 2.22. The third kappa shape index (κ3) is 7.15. The van der Waals surface area contributed by atoms with Gasteiger partial charge in [-0.1, -0.05) is 27.7 Å². The number of carboxylic acid groups (broad SMARTS) is 1. The highest BCUT2D eigenvalue weighted by molar-refractivity contribution is 5.79. The van der Waals surface area contributed by atoms with Crippen molar-refractivity contribution in [3.8, 4) is 0 Å². The summed E-state index contributed by atoms with van der Waals surface area (Å²) in [6.07, 6.45) is 1.46. The van der Waals surface area contributed by atoms with Crippen LogP contribution >= 0.6 is 0 Å². The van der Waals surface area contributed by atoms with Gasteiger partial charge in [0.2, 0.25) is 5.91 Å². The Morgan fingerprint density at radius 2 is 1.79 bits per heavy atom. The van der Waals surface area contributed by atoms with Crippen molar-refractivity contribution in [2.75, 3.05) is 6.54 Å². The number of hydrogen-bond donors (Lipinski definition) is 3. The molecular formula is C14H28N2O3. The van der Waals surface area contributed by atoms with Crippen LogP contribution in [0.15, 0.2) is 0 Å². The van der Waals surface area contributed by atoms with E-state index in [4.69, 9.17) is 10.8 Å². The van der Waals surface area contributed by atoms with Gasteiger partial charge in [0.15, 0.2) is 0 Å². The Morgan fingerprint density at radius 1 is 1.26 bits per heavy atom. The van der Waals surface area contributed by atoms with E-state index in [-0.39, 0.29) is 30.3 Å². The number of rotatable bonds is 7. The highest BCUT2D eigenvalue weighted by Crippen LogP contribution is 2.22. The lowest BCUT2D eigenvalue weighted by atomic mass is 9.86. The molecule has 0 aromatic carbocycles. The molecule has 0 radical (unpaired) electrons. The van der Waals surface area contributed by atoms with E-state index in [1.165, 1.54) is 0 Å². The SMILES string of the molecule is CCC(C)(CNC(=O)CC(N)CC(C)(C)C)C(=O)O. The van der Waals surface area contributed by atoms with E-state index in [0.717, 1.165) is 6.42 Å². The molecule has 0 bridgehead atoms. The molecule has 0 aromatic rings. The number of carbonyl (C=O) groups excluding carboxylic acids is 1. The highest BCUT2D eigenvalue weighted by atomic mass is 16.4. The molecule has 112 valence electrons. The number of carbonyl (C=O) groups is 2. The molecule has 5 heteroatoms. The van der Waals surface area contributed by atoms with E-state index in [0.29, 0.717) is 6.42 Å². The molecule has 0 aliphatic heterocycles. The van der Waals surface area contributed by atoms with Crippen LogP contribution < -0.4 is 11.1 Å². The molecule has 0 rings (SSSR count). The second kappa shape index (κ2) is 6.89. The molecule has 5 nitrogen and oxygen atoms in total. The van der Waals surface area contributed by atoms with Crippen molar-refractivity contribution in [3.05, 3.63) is 0 Å². The molecule has 2 unspecified atom stereocenters. The quantitative estimate of drug-likeness (QED) is 0.658. The first kappa shape index (κ1) is 17.9. The number of nitrogens with two attached hydrogens (primary N) is 1. The molecular weight excluding hydrogens is 244 g/mol. The van der Waals surface area contributed by atoms with Crippen molar-refractivity contribution in [3.63, 3.8) is 0 Å². The van der Waals surface area contributed by atoms with Crippen LogP contribution in [0.5, 0.6) is 0 Å². The summed E-state index contributed by atoms with van der Waals surface area (Å²) in [5, 5.41) is 11.8. The van der Waals surface area contributed by atoms with E-state index in [1.54, 1.807) is 13.8 Å². The smallest absolute Gasteiger partial charge is 0.311 e. The summed E-state index contributed by atoms with van der Waals surface area (Å²) < 4.78 is 0. The lowest BCUT2D eigenvalue weighted by Crippen LogP contribution is -2.42. The van der Waals surface area contributed by atoms with Crippen LogP contribution in [0.3, 0.4) is 0 Å². The Bertz CT molecular complexity index is 323. The molecule has 0 fully saturated rings. The van der Waals surface area contributed by atoms with Gasteiger partial charge in [-0.25, -0.2) is 0 Å². The van der Waals surface area contributed by atoms with Gasteiger partial charge in [0.05, 0.1) is 5.41 Å². The molecule has 0 aliphatic carbocycles. The maximum Gasteiger partial charge on any atom is 0.311 e. The summed E-state index contributed by atoms with van der Waals surface area (Å²) in [6.45, 7) is 9.78. The summed E-state index contributed by atoms with van der Waals surface area (Å²) in [5.41, 5.74) is 5.08. The fourth-order valence-electron chi connectivity index (χ4n) is 1.81. The molecule has 0 spiro atoms. The van der Waals surface area contributed by atoms with Crippen LogP contribution in [0.4, 0.5) is 0 Å². The fraction of sp³-hybridized carbons (Fsp3) is 0.857. The van der Waals surface area contributed by atoms with E-state index in [1.807, 2.05) is 0 Å². The maximum absolute atomic E-state index is 11.7. The van der Waals surface area contributed by atoms with Gasteiger partial charge in [0.25, 0.3) is 0 Å². The van der Waals surface area contributed by atoms with Gasteiger partial charge < -0.3 is 16.2 Å². The van der Waals surface area contributed by atoms with Crippen LogP contribution in [0.25, 0.3) is 0 Å². The van der Waals surface area contributed by atoms with Gasteiger partial charge in [-0.05, 0) is 25.2 Å². The molecule has 4 N–H and O–H groups in total. The first-order valence-electron chi connectivity index (χ1n) is 6.76. The van der Waals surface area contributed by atoms with Crippen molar-refractivity contribution in [1.29, 1.82) is 0 Å². The molecule has 0 aromatic heterocycles. The predicted molar refractivity (Wildman–Crippen MR) is 75.7 cm³/mol. The van der Waals surface area contributed by atoms with Gasteiger partial charge >= 0.3 is 5.97 Å². The molecule has 0 saturated carbocycles. The van der Waals surface area contributed by atoms with Gasteiger partial charge in [-0.2, -0.15) is 0 Å². The predicted octanol–water partition coefficient (Wildman–Crippen LogP) is 1.76. The van der Waals surface area contributed by atoms with Gasteiger partial charge in [-0.3, -0.25) is 9.59 Å². The Labute approximate surface area is 115 Å². The molecule has 0 saturated heterocycles. The second-order valence-electron chi connectivity index (χ2n) is 6.73. The summed E-state index contributed by atoms with van der Waals surface area (Å²) in [6, 6.07) is -0.197. The highest BCUT2D eigenvalue weighted by Gasteiger charge is 2.31. The second-order valence-corrected chi connectivity index (χ2v) is 6.73. The normalized spacial score (nSPS) is 16.5. The molecule has 0 heterocycles. The summed E-state index contributed by atoms with van der Waals surface area (Å²) in [7, 11) is 0. The van der Waals surface area contributed by atoms with Crippen molar-refractivity contribution in [1.82, 2.24) is 5.32 Å².